The molecule has 1 saturated heterocycles. The van der Waals surface area contributed by atoms with E-state index in [-0.39, 0.29) is 15.7 Å². The quantitative estimate of drug-likeness (QED) is 0.688. The Kier molecular flexibility index (Phi) is 4.35. The predicted octanol–water partition coefficient (Wildman–Crippen LogP) is 1.70. The zero-order valence-corrected chi connectivity index (χ0v) is 12.8. The van der Waals surface area contributed by atoms with Gasteiger partial charge >= 0.3 is 5.00 Å². The van der Waals surface area contributed by atoms with E-state index in [1.165, 1.54) is 22.3 Å². The molecule has 0 bridgehead atoms. The van der Waals surface area contributed by atoms with Gasteiger partial charge in [-0.2, -0.15) is 0 Å². The topological polar surface area (TPSA) is 50.8 Å². The molecule has 2 heterocycles. The molecule has 22 heavy (non-hydrogen) atoms. The first-order valence-corrected chi connectivity index (χ1v) is 8.01. The zero-order chi connectivity index (χ0) is 15.5. The van der Waals surface area contributed by atoms with Crippen molar-refractivity contribution in [2.24, 2.45) is 0 Å². The Morgan fingerprint density at radius 3 is 2.59 bits per heavy atom. The third-order valence-corrected chi connectivity index (χ3v) is 4.95. The van der Waals surface area contributed by atoms with Crippen LogP contribution in [0, 0.1) is 15.9 Å². The fraction of sp³-hybridized carbons (Fsp3) is 0.333. The fourth-order valence-electron chi connectivity index (χ4n) is 2.75. The molecule has 1 aromatic heterocycles. The molecule has 1 N–H and O–H groups in total. The van der Waals surface area contributed by atoms with Gasteiger partial charge in [0.2, 0.25) is 0 Å². The lowest BCUT2D eigenvalue weighted by atomic mass is 10.2. The molecule has 7 heteroatoms. The number of nitrogens with zero attached hydrogens (tertiary/aromatic N) is 2. The molecule has 0 saturated carbocycles. The lowest BCUT2D eigenvalue weighted by Gasteiger charge is -2.33. The SMILES string of the molecule is O=[N+]([O-])c1ccc(C[NH+]2CCN(c3ccccc3F)CC2)s1. The van der Waals surface area contributed by atoms with E-state index in [1.807, 2.05) is 18.2 Å². The van der Waals surface area contributed by atoms with Crippen molar-refractivity contribution in [1.29, 1.82) is 0 Å². The van der Waals surface area contributed by atoms with E-state index in [1.54, 1.807) is 12.1 Å². The fourth-order valence-corrected chi connectivity index (χ4v) is 3.65. The summed E-state index contributed by atoms with van der Waals surface area (Å²) < 4.78 is 13.8. The second-order valence-electron chi connectivity index (χ2n) is 5.36. The molecule has 0 aliphatic carbocycles. The van der Waals surface area contributed by atoms with Crippen molar-refractivity contribution in [2.75, 3.05) is 31.1 Å². The summed E-state index contributed by atoms with van der Waals surface area (Å²) in [5, 5.41) is 10.9. The highest BCUT2D eigenvalue weighted by molar-refractivity contribution is 7.15. The van der Waals surface area contributed by atoms with Gasteiger partial charge in [0, 0.05) is 6.07 Å². The molecule has 0 unspecified atom stereocenters. The molecule has 2 aromatic rings. The van der Waals surface area contributed by atoms with Crippen LogP contribution in [0.3, 0.4) is 0 Å². The van der Waals surface area contributed by atoms with Crippen molar-refractivity contribution in [1.82, 2.24) is 0 Å². The number of halogens is 1. The summed E-state index contributed by atoms with van der Waals surface area (Å²) in [6, 6.07) is 10.2. The number of benzene rings is 1. The second-order valence-corrected chi connectivity index (χ2v) is 6.51. The van der Waals surface area contributed by atoms with E-state index in [2.05, 4.69) is 4.90 Å². The summed E-state index contributed by atoms with van der Waals surface area (Å²) in [6.07, 6.45) is 0. The molecule has 0 radical (unpaired) electrons. The van der Waals surface area contributed by atoms with E-state index in [0.717, 1.165) is 37.6 Å². The average Bonchev–Trinajstić information content (AvgIpc) is 2.98. The van der Waals surface area contributed by atoms with Gasteiger partial charge < -0.3 is 9.80 Å². The van der Waals surface area contributed by atoms with Gasteiger partial charge in [-0.25, -0.2) is 4.39 Å². The summed E-state index contributed by atoms with van der Waals surface area (Å²) in [6.45, 7) is 4.19. The van der Waals surface area contributed by atoms with Gasteiger partial charge in [0.25, 0.3) is 0 Å². The lowest BCUT2D eigenvalue weighted by molar-refractivity contribution is -0.914. The summed E-state index contributed by atoms with van der Waals surface area (Å²) >= 11 is 1.24. The third-order valence-electron chi connectivity index (χ3n) is 3.92. The predicted molar refractivity (Wildman–Crippen MR) is 84.0 cm³/mol. The average molecular weight is 322 g/mol. The minimum atomic E-state index is -0.348. The van der Waals surface area contributed by atoms with Crippen LogP contribution < -0.4 is 9.80 Å². The van der Waals surface area contributed by atoms with E-state index in [0.29, 0.717) is 5.69 Å². The standard InChI is InChI=1S/C15H16FN3O2S/c16-13-3-1-2-4-14(13)18-9-7-17(8-10-18)11-12-5-6-15(22-12)19(20)21/h1-6H,7-11H2/p+1. The number of nitrogens with one attached hydrogen (secondary N) is 1. The molecule has 0 amide bonds. The Labute approximate surface area is 131 Å². The van der Waals surface area contributed by atoms with Crippen molar-refractivity contribution in [3.05, 3.63) is 57.2 Å². The number of rotatable bonds is 4. The highest BCUT2D eigenvalue weighted by atomic mass is 32.1. The number of anilines is 1. The van der Waals surface area contributed by atoms with Gasteiger partial charge in [0.1, 0.15) is 12.4 Å². The van der Waals surface area contributed by atoms with Gasteiger partial charge in [-0.3, -0.25) is 10.1 Å². The van der Waals surface area contributed by atoms with Crippen LogP contribution in [0.4, 0.5) is 15.1 Å². The van der Waals surface area contributed by atoms with Gasteiger partial charge in [0.15, 0.2) is 0 Å². The van der Waals surface area contributed by atoms with Crippen LogP contribution in [-0.2, 0) is 6.54 Å². The molecule has 0 atom stereocenters. The molecule has 1 fully saturated rings. The van der Waals surface area contributed by atoms with E-state index in [9.17, 15) is 14.5 Å². The van der Waals surface area contributed by atoms with Crippen LogP contribution in [0.1, 0.15) is 4.88 Å². The molecule has 5 nitrogen and oxygen atoms in total. The molecular formula is C15H17FN3O2S+. The molecule has 1 aliphatic rings. The Morgan fingerprint density at radius 2 is 1.95 bits per heavy atom. The Morgan fingerprint density at radius 1 is 1.23 bits per heavy atom. The number of piperazine rings is 1. The first-order chi connectivity index (χ1) is 10.6. The van der Waals surface area contributed by atoms with Gasteiger partial charge in [-0.05, 0) is 18.2 Å². The monoisotopic (exact) mass is 322 g/mol. The molecule has 1 aliphatic heterocycles. The molecule has 0 spiro atoms. The molecule has 1 aromatic carbocycles. The number of hydrogen-bond donors (Lipinski definition) is 1. The second kappa shape index (κ2) is 6.41. The maximum absolute atomic E-state index is 13.8. The first kappa shape index (κ1) is 14.9. The van der Waals surface area contributed by atoms with Crippen LogP contribution in [0.25, 0.3) is 0 Å². The van der Waals surface area contributed by atoms with E-state index < -0.39 is 0 Å². The van der Waals surface area contributed by atoms with Crippen LogP contribution in [-0.4, -0.2) is 31.1 Å². The number of quaternary nitrogens is 1. The Bertz CT molecular complexity index is 668. The van der Waals surface area contributed by atoms with E-state index >= 15 is 0 Å². The highest BCUT2D eigenvalue weighted by Gasteiger charge is 2.23. The minimum Gasteiger partial charge on any atom is -0.358 e. The number of hydrogen-bond acceptors (Lipinski definition) is 4. The Hall–Kier alpha value is -1.99. The van der Waals surface area contributed by atoms with Crippen LogP contribution in [0.2, 0.25) is 0 Å². The maximum Gasteiger partial charge on any atom is 0.324 e. The summed E-state index contributed by atoms with van der Waals surface area (Å²) in [5.74, 6) is -0.181. The number of nitro groups is 1. The molecular weight excluding hydrogens is 305 g/mol. The number of para-hydroxylation sites is 1. The van der Waals surface area contributed by atoms with Crippen molar-refractivity contribution in [3.63, 3.8) is 0 Å². The zero-order valence-electron chi connectivity index (χ0n) is 12.0. The van der Waals surface area contributed by atoms with Crippen molar-refractivity contribution < 1.29 is 14.2 Å². The van der Waals surface area contributed by atoms with Crippen molar-refractivity contribution >= 4 is 22.0 Å². The van der Waals surface area contributed by atoms with Crippen molar-refractivity contribution in [3.8, 4) is 0 Å². The van der Waals surface area contributed by atoms with Crippen molar-refractivity contribution in [2.45, 2.75) is 6.54 Å². The lowest BCUT2D eigenvalue weighted by Crippen LogP contribution is -3.13. The molecule has 3 rings (SSSR count). The van der Waals surface area contributed by atoms with Gasteiger partial charge in [0.05, 0.1) is 41.7 Å². The van der Waals surface area contributed by atoms with E-state index in [4.69, 9.17) is 0 Å². The summed E-state index contributed by atoms with van der Waals surface area (Å²) in [5.41, 5.74) is 0.660. The smallest absolute Gasteiger partial charge is 0.324 e. The highest BCUT2D eigenvalue weighted by Crippen LogP contribution is 2.23. The van der Waals surface area contributed by atoms with Gasteiger partial charge in [-0.1, -0.05) is 23.5 Å². The third kappa shape index (κ3) is 3.26. The summed E-state index contributed by atoms with van der Waals surface area (Å²) in [7, 11) is 0. The van der Waals surface area contributed by atoms with Crippen LogP contribution in [0.5, 0.6) is 0 Å². The van der Waals surface area contributed by atoms with Gasteiger partial charge in [-0.15, -0.1) is 0 Å². The van der Waals surface area contributed by atoms with Crippen LogP contribution in [0.15, 0.2) is 36.4 Å². The largest absolute Gasteiger partial charge is 0.358 e. The summed E-state index contributed by atoms with van der Waals surface area (Å²) in [4.78, 5) is 14.8. The first-order valence-electron chi connectivity index (χ1n) is 7.19. The number of thiophene rings is 1. The maximum atomic E-state index is 13.8. The van der Waals surface area contributed by atoms with Crippen LogP contribution >= 0.6 is 11.3 Å². The molecule has 116 valence electrons. The minimum absolute atomic E-state index is 0.181. The Balaban J connectivity index is 1.57. The normalized spacial score (nSPS) is 16.0.